The van der Waals surface area contributed by atoms with Crippen LogP contribution in [0.5, 0.6) is 0 Å². The molecule has 0 radical (unpaired) electrons. The molecule has 1 aromatic heterocycles. The van der Waals surface area contributed by atoms with Crippen molar-refractivity contribution < 1.29 is 9.63 Å². The number of nitrogens with one attached hydrogen (secondary N) is 2. The van der Waals surface area contributed by atoms with Crippen LogP contribution < -0.4 is 10.8 Å². The van der Waals surface area contributed by atoms with E-state index in [-0.39, 0.29) is 12.5 Å². The van der Waals surface area contributed by atoms with Crippen molar-refractivity contribution in [1.29, 1.82) is 0 Å². The van der Waals surface area contributed by atoms with Gasteiger partial charge >= 0.3 is 0 Å². The van der Waals surface area contributed by atoms with Crippen LogP contribution in [-0.2, 0) is 4.84 Å². The van der Waals surface area contributed by atoms with Crippen molar-refractivity contribution in [2.24, 2.45) is 0 Å². The second-order valence-corrected chi connectivity index (χ2v) is 5.20. The normalized spacial score (nSPS) is 11.2. The van der Waals surface area contributed by atoms with E-state index in [9.17, 15) is 4.79 Å². The molecule has 6 nitrogen and oxygen atoms in total. The lowest BCUT2D eigenvalue weighted by molar-refractivity contribution is 0.0957. The van der Waals surface area contributed by atoms with Crippen LogP contribution in [0.2, 0.25) is 10.0 Å². The van der Waals surface area contributed by atoms with Gasteiger partial charge in [-0.15, -0.1) is 0 Å². The molecular formula is C15H14Cl2N4O2. The summed E-state index contributed by atoms with van der Waals surface area (Å²) < 4.78 is 0. The van der Waals surface area contributed by atoms with Crippen LogP contribution in [0.1, 0.15) is 15.9 Å². The molecule has 0 bridgehead atoms. The number of hydroxylamine groups is 1. The topological polar surface area (TPSA) is 76.1 Å². The van der Waals surface area contributed by atoms with Crippen molar-refractivity contribution in [1.82, 2.24) is 20.8 Å². The summed E-state index contributed by atoms with van der Waals surface area (Å²) in [6.07, 6.45) is 6.00. The SMILES string of the molecule is CON/C(=C\CNC(=O)c1cncnc1)c1ccc(Cl)c(Cl)c1. The van der Waals surface area contributed by atoms with Crippen LogP contribution in [-0.4, -0.2) is 29.5 Å². The molecule has 0 fully saturated rings. The first-order valence-electron chi connectivity index (χ1n) is 6.59. The minimum Gasteiger partial charge on any atom is -0.348 e. The quantitative estimate of drug-likeness (QED) is 0.781. The Morgan fingerprint density at radius 1 is 1.22 bits per heavy atom. The molecule has 0 atom stereocenters. The van der Waals surface area contributed by atoms with Gasteiger partial charge in [-0.25, -0.2) is 9.97 Å². The smallest absolute Gasteiger partial charge is 0.254 e. The van der Waals surface area contributed by atoms with Gasteiger partial charge in [0.2, 0.25) is 0 Å². The number of nitrogens with zero attached hydrogens (tertiary/aromatic N) is 2. The molecule has 120 valence electrons. The summed E-state index contributed by atoms with van der Waals surface area (Å²) in [4.78, 5) is 24.4. The minimum atomic E-state index is -0.271. The second-order valence-electron chi connectivity index (χ2n) is 4.39. The van der Waals surface area contributed by atoms with Gasteiger partial charge in [-0.1, -0.05) is 29.3 Å². The van der Waals surface area contributed by atoms with Crippen LogP contribution in [0.15, 0.2) is 43.0 Å². The predicted molar refractivity (Wildman–Crippen MR) is 88.9 cm³/mol. The molecule has 2 rings (SSSR count). The number of hydrogen-bond donors (Lipinski definition) is 2. The lowest BCUT2D eigenvalue weighted by Crippen LogP contribution is -2.24. The van der Waals surface area contributed by atoms with Gasteiger partial charge in [-0.2, -0.15) is 0 Å². The van der Waals surface area contributed by atoms with E-state index in [4.69, 9.17) is 28.0 Å². The summed E-state index contributed by atoms with van der Waals surface area (Å²) in [5, 5.41) is 3.63. The number of carbonyl (C=O) groups excluding carboxylic acids is 1. The van der Waals surface area contributed by atoms with Crippen molar-refractivity contribution in [3.05, 3.63) is 64.2 Å². The van der Waals surface area contributed by atoms with Gasteiger partial charge < -0.3 is 5.32 Å². The molecule has 8 heteroatoms. The molecule has 0 saturated carbocycles. The maximum absolute atomic E-state index is 11.9. The monoisotopic (exact) mass is 352 g/mol. The van der Waals surface area contributed by atoms with E-state index in [1.807, 2.05) is 0 Å². The largest absolute Gasteiger partial charge is 0.348 e. The van der Waals surface area contributed by atoms with Gasteiger partial charge in [0.25, 0.3) is 5.91 Å². The lowest BCUT2D eigenvalue weighted by atomic mass is 10.1. The van der Waals surface area contributed by atoms with Crippen molar-refractivity contribution in [2.75, 3.05) is 13.7 Å². The van der Waals surface area contributed by atoms with Gasteiger partial charge in [0.05, 0.1) is 28.4 Å². The zero-order chi connectivity index (χ0) is 16.7. The number of hydrogen-bond acceptors (Lipinski definition) is 5. The Bertz CT molecular complexity index is 708. The van der Waals surface area contributed by atoms with E-state index in [1.54, 1.807) is 24.3 Å². The highest BCUT2D eigenvalue weighted by Gasteiger charge is 2.07. The fourth-order valence-electron chi connectivity index (χ4n) is 1.76. The number of aromatic nitrogens is 2. The Balaban J connectivity index is 2.07. The Kier molecular flexibility index (Phi) is 6.34. The number of halogens is 2. The van der Waals surface area contributed by atoms with Crippen molar-refractivity contribution in [2.45, 2.75) is 0 Å². The molecule has 23 heavy (non-hydrogen) atoms. The Labute approximate surface area is 143 Å². The fraction of sp³-hybridized carbons (Fsp3) is 0.133. The molecule has 0 spiro atoms. The van der Waals surface area contributed by atoms with E-state index in [0.29, 0.717) is 21.3 Å². The number of carbonyl (C=O) groups is 1. The van der Waals surface area contributed by atoms with Gasteiger partial charge in [-0.05, 0) is 18.2 Å². The van der Waals surface area contributed by atoms with Crippen molar-refractivity contribution in [3.63, 3.8) is 0 Å². The molecule has 0 saturated heterocycles. The average molecular weight is 353 g/mol. The number of benzene rings is 1. The van der Waals surface area contributed by atoms with Gasteiger partial charge in [0.1, 0.15) is 6.33 Å². The summed E-state index contributed by atoms with van der Waals surface area (Å²) in [6.45, 7) is 0.277. The van der Waals surface area contributed by atoms with E-state index >= 15 is 0 Å². The first kappa shape index (κ1) is 17.2. The molecular weight excluding hydrogens is 339 g/mol. The van der Waals surface area contributed by atoms with E-state index in [0.717, 1.165) is 5.56 Å². The first-order chi connectivity index (χ1) is 11.1. The average Bonchev–Trinajstić information content (AvgIpc) is 2.57. The second kappa shape index (κ2) is 8.47. The standard InChI is InChI=1S/C15H14Cl2N4O2/c1-23-21-14(10-2-3-12(16)13(17)6-10)4-5-20-15(22)11-7-18-9-19-8-11/h2-4,6-9,21H,5H2,1H3,(H,20,22)/b14-4-. The maximum Gasteiger partial charge on any atom is 0.254 e. The highest BCUT2D eigenvalue weighted by Crippen LogP contribution is 2.25. The molecule has 0 aliphatic carbocycles. The predicted octanol–water partition coefficient (Wildman–Crippen LogP) is 2.71. The third-order valence-electron chi connectivity index (χ3n) is 2.83. The molecule has 0 aliphatic rings. The lowest BCUT2D eigenvalue weighted by Gasteiger charge is -2.10. The third-order valence-corrected chi connectivity index (χ3v) is 3.57. The number of rotatable bonds is 6. The molecule has 0 unspecified atom stereocenters. The van der Waals surface area contributed by atoms with E-state index in [2.05, 4.69) is 20.8 Å². The van der Waals surface area contributed by atoms with Crippen LogP contribution in [0.3, 0.4) is 0 Å². The Morgan fingerprint density at radius 2 is 1.96 bits per heavy atom. The summed E-state index contributed by atoms with van der Waals surface area (Å²) >= 11 is 11.9. The minimum absolute atomic E-state index is 0.271. The summed E-state index contributed by atoms with van der Waals surface area (Å²) in [7, 11) is 1.49. The van der Waals surface area contributed by atoms with Gasteiger partial charge in [0.15, 0.2) is 0 Å². The van der Waals surface area contributed by atoms with E-state index in [1.165, 1.54) is 25.8 Å². The molecule has 2 N–H and O–H groups in total. The molecule has 1 amide bonds. The summed E-state index contributed by atoms with van der Waals surface area (Å²) in [5.41, 5.74) is 4.55. The van der Waals surface area contributed by atoms with Crippen LogP contribution >= 0.6 is 23.2 Å². The zero-order valence-electron chi connectivity index (χ0n) is 12.2. The third kappa shape index (κ3) is 4.92. The summed E-state index contributed by atoms with van der Waals surface area (Å²) in [5.74, 6) is -0.271. The van der Waals surface area contributed by atoms with Gasteiger partial charge in [-0.3, -0.25) is 15.1 Å². The van der Waals surface area contributed by atoms with Crippen molar-refractivity contribution in [3.8, 4) is 0 Å². The van der Waals surface area contributed by atoms with Crippen LogP contribution in [0.25, 0.3) is 5.70 Å². The van der Waals surface area contributed by atoms with Gasteiger partial charge in [0, 0.05) is 24.5 Å². The zero-order valence-corrected chi connectivity index (χ0v) is 13.7. The fourth-order valence-corrected chi connectivity index (χ4v) is 2.05. The molecule has 0 aliphatic heterocycles. The highest BCUT2D eigenvalue weighted by molar-refractivity contribution is 6.42. The first-order valence-corrected chi connectivity index (χ1v) is 7.35. The summed E-state index contributed by atoms with van der Waals surface area (Å²) in [6, 6.07) is 5.18. The molecule has 1 aromatic carbocycles. The Morgan fingerprint density at radius 3 is 2.61 bits per heavy atom. The van der Waals surface area contributed by atoms with Crippen molar-refractivity contribution >= 4 is 34.8 Å². The van der Waals surface area contributed by atoms with Crippen LogP contribution in [0.4, 0.5) is 0 Å². The van der Waals surface area contributed by atoms with Crippen LogP contribution in [0, 0.1) is 0 Å². The Hall–Kier alpha value is -2.15. The highest BCUT2D eigenvalue weighted by atomic mass is 35.5. The molecule has 1 heterocycles. The number of amides is 1. The van der Waals surface area contributed by atoms with E-state index < -0.39 is 0 Å². The molecule has 2 aromatic rings. The maximum atomic E-state index is 11.9.